The van der Waals surface area contributed by atoms with Crippen LogP contribution in [0.25, 0.3) is 0 Å². The highest BCUT2D eigenvalue weighted by Crippen LogP contribution is 2.26. The van der Waals surface area contributed by atoms with Crippen LogP contribution in [0.4, 0.5) is 0 Å². The summed E-state index contributed by atoms with van der Waals surface area (Å²) in [4.78, 5) is 23.8. The summed E-state index contributed by atoms with van der Waals surface area (Å²) in [6, 6.07) is 6.30. The van der Waals surface area contributed by atoms with Crippen molar-refractivity contribution < 1.29 is 14.7 Å². The Hall–Kier alpha value is -1.20. The molecule has 110 valence electrons. The fraction of sp³-hybridized carbons (Fsp3) is 0.429. The lowest BCUT2D eigenvalue weighted by atomic mass is 9.87. The molecule has 1 rings (SSSR count). The van der Waals surface area contributed by atoms with Crippen molar-refractivity contribution in [1.29, 1.82) is 0 Å². The molecule has 2 N–H and O–H groups in total. The van der Waals surface area contributed by atoms with Crippen LogP contribution in [0, 0.1) is 5.41 Å². The molecule has 0 saturated heterocycles. The van der Waals surface area contributed by atoms with Crippen molar-refractivity contribution in [2.45, 2.75) is 31.7 Å². The van der Waals surface area contributed by atoms with Crippen molar-refractivity contribution >= 4 is 35.2 Å². The van der Waals surface area contributed by atoms with Crippen molar-refractivity contribution in [3.05, 3.63) is 29.3 Å². The standard InChI is InChI=1S/C14H18ClNO3S/c1-14(2,3)12(13(18)19)16-11(17)8-20-10-7-5-4-6-9(10)15/h4-7,12H,8H2,1-3H3,(H,16,17)(H,18,19)/t12-/m0/s1. The molecule has 0 bridgehead atoms. The predicted molar refractivity (Wildman–Crippen MR) is 81.2 cm³/mol. The summed E-state index contributed by atoms with van der Waals surface area (Å²) in [6.07, 6.45) is 0. The minimum absolute atomic E-state index is 0.129. The molecule has 0 aliphatic heterocycles. The van der Waals surface area contributed by atoms with Gasteiger partial charge in [0.15, 0.2) is 0 Å². The lowest BCUT2D eigenvalue weighted by Crippen LogP contribution is -2.49. The first-order valence-corrected chi connectivity index (χ1v) is 7.47. The van der Waals surface area contributed by atoms with Crippen LogP contribution in [-0.4, -0.2) is 28.8 Å². The molecule has 0 saturated carbocycles. The highest BCUT2D eigenvalue weighted by molar-refractivity contribution is 8.00. The van der Waals surface area contributed by atoms with E-state index < -0.39 is 17.4 Å². The molecule has 0 aliphatic rings. The fourth-order valence-corrected chi connectivity index (χ4v) is 2.61. The molecule has 1 aromatic rings. The molecule has 0 heterocycles. The molecular weight excluding hydrogens is 298 g/mol. The van der Waals surface area contributed by atoms with Crippen molar-refractivity contribution in [1.82, 2.24) is 5.32 Å². The average Bonchev–Trinajstić information content (AvgIpc) is 2.33. The highest BCUT2D eigenvalue weighted by atomic mass is 35.5. The maximum atomic E-state index is 11.9. The number of halogens is 1. The van der Waals surface area contributed by atoms with Gasteiger partial charge in [0.05, 0.1) is 10.8 Å². The smallest absolute Gasteiger partial charge is 0.326 e. The topological polar surface area (TPSA) is 66.4 Å². The van der Waals surface area contributed by atoms with Gasteiger partial charge in [0.1, 0.15) is 6.04 Å². The quantitative estimate of drug-likeness (QED) is 0.820. The first-order valence-electron chi connectivity index (χ1n) is 6.11. The van der Waals surface area contributed by atoms with Crippen molar-refractivity contribution in [3.8, 4) is 0 Å². The normalized spacial score (nSPS) is 12.8. The van der Waals surface area contributed by atoms with Crippen molar-refractivity contribution in [2.24, 2.45) is 5.41 Å². The molecule has 0 aliphatic carbocycles. The molecule has 0 unspecified atom stereocenters. The minimum Gasteiger partial charge on any atom is -0.480 e. The van der Waals surface area contributed by atoms with Gasteiger partial charge in [-0.25, -0.2) is 4.79 Å². The van der Waals surface area contributed by atoms with Gasteiger partial charge in [-0.1, -0.05) is 44.5 Å². The second kappa shape index (κ2) is 6.99. The van der Waals surface area contributed by atoms with Gasteiger partial charge in [-0.2, -0.15) is 0 Å². The Labute approximate surface area is 127 Å². The number of thioether (sulfide) groups is 1. The van der Waals surface area contributed by atoms with Gasteiger partial charge in [-0.05, 0) is 17.5 Å². The first-order chi connectivity index (χ1) is 9.21. The summed E-state index contributed by atoms with van der Waals surface area (Å²) >= 11 is 7.27. The van der Waals surface area contributed by atoms with Crippen LogP contribution in [0.15, 0.2) is 29.2 Å². The van der Waals surface area contributed by atoms with E-state index in [0.29, 0.717) is 5.02 Å². The van der Waals surface area contributed by atoms with Crippen LogP contribution >= 0.6 is 23.4 Å². The zero-order valence-electron chi connectivity index (χ0n) is 11.6. The van der Waals surface area contributed by atoms with E-state index in [4.69, 9.17) is 16.7 Å². The molecule has 0 aromatic heterocycles. The zero-order chi connectivity index (χ0) is 15.3. The average molecular weight is 316 g/mol. The summed E-state index contributed by atoms with van der Waals surface area (Å²) in [5.74, 6) is -1.23. The molecular formula is C14H18ClNO3S. The number of carboxylic acid groups (broad SMARTS) is 1. The van der Waals surface area contributed by atoms with E-state index in [1.54, 1.807) is 26.8 Å². The monoisotopic (exact) mass is 315 g/mol. The summed E-state index contributed by atoms with van der Waals surface area (Å²) in [5, 5.41) is 12.3. The fourth-order valence-electron chi connectivity index (χ4n) is 1.56. The van der Waals surface area contributed by atoms with Crippen LogP contribution in [0.2, 0.25) is 5.02 Å². The molecule has 1 aromatic carbocycles. The van der Waals surface area contributed by atoms with Gasteiger partial charge in [-0.3, -0.25) is 4.79 Å². The van der Waals surface area contributed by atoms with E-state index in [0.717, 1.165) is 4.90 Å². The van der Waals surface area contributed by atoms with E-state index in [1.165, 1.54) is 11.8 Å². The van der Waals surface area contributed by atoms with Gasteiger partial charge in [0.2, 0.25) is 5.91 Å². The van der Waals surface area contributed by atoms with Gasteiger partial charge in [0, 0.05) is 4.90 Å². The molecule has 0 radical (unpaired) electrons. The third-order valence-corrected chi connectivity index (χ3v) is 4.13. The maximum Gasteiger partial charge on any atom is 0.326 e. The number of hydrogen-bond donors (Lipinski definition) is 2. The molecule has 0 spiro atoms. The van der Waals surface area contributed by atoms with Gasteiger partial charge >= 0.3 is 5.97 Å². The predicted octanol–water partition coefficient (Wildman–Crippen LogP) is 3.05. The van der Waals surface area contributed by atoms with Gasteiger partial charge in [-0.15, -0.1) is 11.8 Å². The number of amides is 1. The number of rotatable bonds is 5. The second-order valence-corrected chi connectivity index (χ2v) is 6.85. The Bertz CT molecular complexity index is 499. The number of carbonyl (C=O) groups excluding carboxylic acids is 1. The van der Waals surface area contributed by atoms with E-state index in [9.17, 15) is 9.59 Å². The molecule has 6 heteroatoms. The van der Waals surface area contributed by atoms with Crippen LogP contribution in [-0.2, 0) is 9.59 Å². The number of nitrogens with one attached hydrogen (secondary N) is 1. The number of hydrogen-bond acceptors (Lipinski definition) is 3. The molecule has 0 fully saturated rings. The Morgan fingerprint density at radius 2 is 1.95 bits per heavy atom. The SMILES string of the molecule is CC(C)(C)[C@@H](NC(=O)CSc1ccccc1Cl)C(=O)O. The number of carbonyl (C=O) groups is 2. The molecule has 1 atom stereocenters. The van der Waals surface area contributed by atoms with E-state index in [1.807, 2.05) is 18.2 Å². The third kappa shape index (κ3) is 5.06. The summed E-state index contributed by atoms with van der Waals surface area (Å²) in [7, 11) is 0. The Morgan fingerprint density at radius 3 is 2.45 bits per heavy atom. The van der Waals surface area contributed by atoms with E-state index in [2.05, 4.69) is 5.32 Å². The van der Waals surface area contributed by atoms with Crippen LogP contribution in [0.5, 0.6) is 0 Å². The lowest BCUT2D eigenvalue weighted by molar-refractivity contribution is -0.144. The second-order valence-electron chi connectivity index (χ2n) is 5.42. The summed E-state index contributed by atoms with van der Waals surface area (Å²) in [5.41, 5.74) is -0.545. The highest BCUT2D eigenvalue weighted by Gasteiger charge is 2.32. The van der Waals surface area contributed by atoms with Crippen LogP contribution in [0.3, 0.4) is 0 Å². The first kappa shape index (κ1) is 16.9. The number of carboxylic acids is 1. The minimum atomic E-state index is -1.03. The van der Waals surface area contributed by atoms with E-state index in [-0.39, 0.29) is 11.7 Å². The van der Waals surface area contributed by atoms with Crippen LogP contribution in [0.1, 0.15) is 20.8 Å². The van der Waals surface area contributed by atoms with Crippen molar-refractivity contribution in [2.75, 3.05) is 5.75 Å². The molecule has 4 nitrogen and oxygen atoms in total. The van der Waals surface area contributed by atoms with Gasteiger partial charge < -0.3 is 10.4 Å². The van der Waals surface area contributed by atoms with Crippen molar-refractivity contribution in [3.63, 3.8) is 0 Å². The zero-order valence-corrected chi connectivity index (χ0v) is 13.2. The Morgan fingerprint density at radius 1 is 1.35 bits per heavy atom. The summed E-state index contributed by atoms with van der Waals surface area (Å²) < 4.78 is 0. The van der Waals surface area contributed by atoms with Gasteiger partial charge in [0.25, 0.3) is 0 Å². The molecule has 20 heavy (non-hydrogen) atoms. The van der Waals surface area contributed by atoms with E-state index >= 15 is 0 Å². The van der Waals surface area contributed by atoms with Crippen LogP contribution < -0.4 is 5.32 Å². The third-order valence-electron chi connectivity index (χ3n) is 2.61. The Balaban J connectivity index is 2.60. The molecule has 1 amide bonds. The largest absolute Gasteiger partial charge is 0.480 e. The lowest BCUT2D eigenvalue weighted by Gasteiger charge is -2.27. The maximum absolute atomic E-state index is 11.9. The summed E-state index contributed by atoms with van der Waals surface area (Å²) in [6.45, 7) is 5.31. The Kier molecular flexibility index (Phi) is 5.89. The number of benzene rings is 1. The number of aliphatic carboxylic acids is 1.